The molecule has 0 bridgehead atoms. The van der Waals surface area contributed by atoms with E-state index in [4.69, 9.17) is 4.74 Å². The summed E-state index contributed by atoms with van der Waals surface area (Å²) in [4.78, 5) is 4.41. The van der Waals surface area contributed by atoms with Crippen LogP contribution >= 0.6 is 0 Å². The molecule has 0 spiro atoms. The van der Waals surface area contributed by atoms with E-state index in [-0.39, 0.29) is 11.5 Å². The summed E-state index contributed by atoms with van der Waals surface area (Å²) in [6, 6.07) is 10.1. The first-order valence-electron chi connectivity index (χ1n) is 6.46. The lowest BCUT2D eigenvalue weighted by atomic mass is 9.90. The normalized spacial score (nSPS) is 13.6. The first-order chi connectivity index (χ1) is 8.46. The Kier molecular flexibility index (Phi) is 3.55. The SMILES string of the molecule is CC(CC(C)(C)C)Oc1cccc2cccnc12. The van der Waals surface area contributed by atoms with Crippen LogP contribution in [0.1, 0.15) is 34.1 Å². The predicted molar refractivity (Wildman–Crippen MR) is 75.9 cm³/mol. The van der Waals surface area contributed by atoms with Crippen LogP contribution in [-0.4, -0.2) is 11.1 Å². The second-order valence-electron chi connectivity index (χ2n) is 6.02. The molecule has 0 amide bonds. The van der Waals surface area contributed by atoms with E-state index in [1.165, 1.54) is 0 Å². The van der Waals surface area contributed by atoms with Crippen LogP contribution in [-0.2, 0) is 0 Å². The van der Waals surface area contributed by atoms with Crippen molar-refractivity contribution in [3.63, 3.8) is 0 Å². The molecule has 1 heterocycles. The zero-order chi connectivity index (χ0) is 13.2. The molecule has 1 aromatic carbocycles. The van der Waals surface area contributed by atoms with E-state index in [2.05, 4.69) is 44.8 Å². The Bertz CT molecular complexity index is 523. The highest BCUT2D eigenvalue weighted by Crippen LogP contribution is 2.27. The van der Waals surface area contributed by atoms with Crippen LogP contribution in [0.3, 0.4) is 0 Å². The van der Waals surface area contributed by atoms with Gasteiger partial charge in [0.1, 0.15) is 11.3 Å². The van der Waals surface area contributed by atoms with Crippen molar-refractivity contribution in [2.45, 2.75) is 40.2 Å². The number of ether oxygens (including phenoxy) is 1. The van der Waals surface area contributed by atoms with Gasteiger partial charge < -0.3 is 4.74 Å². The van der Waals surface area contributed by atoms with Gasteiger partial charge in [0.15, 0.2) is 0 Å². The van der Waals surface area contributed by atoms with Gasteiger partial charge in [0.25, 0.3) is 0 Å². The number of hydrogen-bond acceptors (Lipinski definition) is 2. The summed E-state index contributed by atoms with van der Waals surface area (Å²) in [5, 5.41) is 1.12. The number of rotatable bonds is 3. The predicted octanol–water partition coefficient (Wildman–Crippen LogP) is 4.44. The lowest BCUT2D eigenvalue weighted by molar-refractivity contribution is 0.162. The van der Waals surface area contributed by atoms with E-state index < -0.39 is 0 Å². The Morgan fingerprint density at radius 1 is 1.17 bits per heavy atom. The first-order valence-corrected chi connectivity index (χ1v) is 6.46. The van der Waals surface area contributed by atoms with E-state index >= 15 is 0 Å². The molecule has 2 heteroatoms. The third-order valence-corrected chi connectivity index (χ3v) is 2.82. The molecule has 0 fully saturated rings. The number of nitrogens with zero attached hydrogens (tertiary/aromatic N) is 1. The Hall–Kier alpha value is -1.57. The van der Waals surface area contributed by atoms with Gasteiger partial charge in [-0.05, 0) is 30.9 Å². The molecule has 0 aliphatic heterocycles. The van der Waals surface area contributed by atoms with Crippen molar-refractivity contribution in [3.8, 4) is 5.75 Å². The number of aromatic nitrogens is 1. The van der Waals surface area contributed by atoms with Gasteiger partial charge in [-0.3, -0.25) is 4.98 Å². The average molecular weight is 243 g/mol. The molecule has 0 N–H and O–H groups in total. The molecule has 0 aliphatic rings. The summed E-state index contributed by atoms with van der Waals surface area (Å²) < 4.78 is 6.04. The molecule has 2 nitrogen and oxygen atoms in total. The maximum atomic E-state index is 6.04. The zero-order valence-electron chi connectivity index (χ0n) is 11.6. The van der Waals surface area contributed by atoms with E-state index in [0.717, 1.165) is 23.1 Å². The molecule has 1 unspecified atom stereocenters. The molecule has 1 aromatic heterocycles. The fraction of sp³-hybridized carbons (Fsp3) is 0.438. The van der Waals surface area contributed by atoms with Crippen molar-refractivity contribution in [3.05, 3.63) is 36.5 Å². The summed E-state index contributed by atoms with van der Waals surface area (Å²) in [5.74, 6) is 0.879. The van der Waals surface area contributed by atoms with Gasteiger partial charge in [-0.2, -0.15) is 0 Å². The van der Waals surface area contributed by atoms with Gasteiger partial charge in [-0.25, -0.2) is 0 Å². The van der Waals surface area contributed by atoms with Crippen LogP contribution in [0.5, 0.6) is 5.75 Å². The van der Waals surface area contributed by atoms with Crippen LogP contribution in [0.2, 0.25) is 0 Å². The van der Waals surface area contributed by atoms with E-state index in [1.54, 1.807) is 0 Å². The zero-order valence-corrected chi connectivity index (χ0v) is 11.6. The third kappa shape index (κ3) is 3.22. The van der Waals surface area contributed by atoms with Gasteiger partial charge in [0.2, 0.25) is 0 Å². The second kappa shape index (κ2) is 4.97. The average Bonchev–Trinajstić information content (AvgIpc) is 2.27. The molecule has 2 aromatic rings. The molecule has 18 heavy (non-hydrogen) atoms. The Labute approximate surface area is 109 Å². The summed E-state index contributed by atoms with van der Waals surface area (Å²) in [7, 11) is 0. The van der Waals surface area contributed by atoms with E-state index in [0.29, 0.717) is 0 Å². The van der Waals surface area contributed by atoms with Gasteiger partial charge in [0.05, 0.1) is 6.10 Å². The molecular weight excluding hydrogens is 222 g/mol. The van der Waals surface area contributed by atoms with Crippen molar-refractivity contribution in [2.24, 2.45) is 5.41 Å². The van der Waals surface area contributed by atoms with Crippen LogP contribution in [0.15, 0.2) is 36.5 Å². The third-order valence-electron chi connectivity index (χ3n) is 2.82. The maximum Gasteiger partial charge on any atom is 0.145 e. The summed E-state index contributed by atoms with van der Waals surface area (Å²) >= 11 is 0. The Morgan fingerprint density at radius 3 is 2.61 bits per heavy atom. The van der Waals surface area contributed by atoms with Crippen molar-refractivity contribution in [2.75, 3.05) is 0 Å². The monoisotopic (exact) mass is 243 g/mol. The number of pyridine rings is 1. The fourth-order valence-electron chi connectivity index (χ4n) is 2.29. The summed E-state index contributed by atoms with van der Waals surface area (Å²) in [6.07, 6.45) is 3.03. The minimum atomic E-state index is 0.192. The van der Waals surface area contributed by atoms with Crippen molar-refractivity contribution >= 4 is 10.9 Å². The molecule has 0 saturated heterocycles. The minimum Gasteiger partial charge on any atom is -0.488 e. The van der Waals surface area contributed by atoms with Crippen molar-refractivity contribution in [1.82, 2.24) is 4.98 Å². The Morgan fingerprint density at radius 2 is 1.89 bits per heavy atom. The van der Waals surface area contributed by atoms with E-state index in [9.17, 15) is 0 Å². The van der Waals surface area contributed by atoms with Gasteiger partial charge >= 0.3 is 0 Å². The molecule has 1 atom stereocenters. The highest BCUT2D eigenvalue weighted by molar-refractivity contribution is 5.84. The Balaban J connectivity index is 2.21. The summed E-state index contributed by atoms with van der Waals surface area (Å²) in [5.41, 5.74) is 1.22. The fourth-order valence-corrected chi connectivity index (χ4v) is 2.29. The second-order valence-corrected chi connectivity index (χ2v) is 6.02. The quantitative estimate of drug-likeness (QED) is 0.795. The molecule has 2 rings (SSSR count). The van der Waals surface area contributed by atoms with Gasteiger partial charge in [0, 0.05) is 11.6 Å². The molecule has 0 radical (unpaired) electrons. The lowest BCUT2D eigenvalue weighted by Gasteiger charge is -2.24. The highest BCUT2D eigenvalue weighted by atomic mass is 16.5. The van der Waals surface area contributed by atoms with Crippen LogP contribution < -0.4 is 4.74 Å². The number of fused-ring (bicyclic) bond motifs is 1. The molecular formula is C16H21NO. The number of benzene rings is 1. The lowest BCUT2D eigenvalue weighted by Crippen LogP contribution is -2.20. The van der Waals surface area contributed by atoms with Crippen LogP contribution in [0, 0.1) is 5.41 Å². The van der Waals surface area contributed by atoms with E-state index in [1.807, 2.05) is 24.4 Å². The maximum absolute atomic E-state index is 6.04. The molecule has 0 saturated carbocycles. The van der Waals surface area contributed by atoms with Crippen molar-refractivity contribution < 1.29 is 4.74 Å². The first kappa shape index (κ1) is 12.9. The van der Waals surface area contributed by atoms with Gasteiger partial charge in [-0.1, -0.05) is 39.0 Å². The van der Waals surface area contributed by atoms with Gasteiger partial charge in [-0.15, -0.1) is 0 Å². The number of hydrogen-bond donors (Lipinski definition) is 0. The largest absolute Gasteiger partial charge is 0.488 e. The number of para-hydroxylation sites is 1. The standard InChI is InChI=1S/C16H21NO/c1-12(11-16(2,3)4)18-14-9-5-7-13-8-6-10-17-15(13)14/h5-10,12H,11H2,1-4H3. The molecule has 96 valence electrons. The summed E-state index contributed by atoms with van der Waals surface area (Å²) in [6.45, 7) is 8.81. The highest BCUT2D eigenvalue weighted by Gasteiger charge is 2.17. The van der Waals surface area contributed by atoms with Crippen LogP contribution in [0.25, 0.3) is 10.9 Å². The molecule has 0 aliphatic carbocycles. The van der Waals surface area contributed by atoms with Crippen LogP contribution in [0.4, 0.5) is 0 Å². The van der Waals surface area contributed by atoms with Crippen molar-refractivity contribution in [1.29, 1.82) is 0 Å². The minimum absolute atomic E-state index is 0.192. The topological polar surface area (TPSA) is 22.1 Å². The smallest absolute Gasteiger partial charge is 0.145 e.